The first kappa shape index (κ1) is 13.0. The van der Waals surface area contributed by atoms with Gasteiger partial charge in [-0.15, -0.1) is 0 Å². The molecule has 4 heteroatoms. The van der Waals surface area contributed by atoms with E-state index in [1.54, 1.807) is 24.9 Å². The largest absolute Gasteiger partial charge is 0.371 e. The van der Waals surface area contributed by atoms with Gasteiger partial charge in [0.15, 0.2) is 5.79 Å². The number of nitrogens with one attached hydrogen (secondary N) is 1. The van der Waals surface area contributed by atoms with E-state index in [0.717, 1.165) is 30.8 Å². The van der Waals surface area contributed by atoms with Gasteiger partial charge in [0.25, 0.3) is 0 Å². The summed E-state index contributed by atoms with van der Waals surface area (Å²) >= 11 is 0. The van der Waals surface area contributed by atoms with Gasteiger partial charge in [-0.2, -0.15) is 0 Å². The van der Waals surface area contributed by atoms with E-state index in [-0.39, 0.29) is 0 Å². The van der Waals surface area contributed by atoms with Crippen LogP contribution in [0.4, 0.5) is 4.39 Å². The van der Waals surface area contributed by atoms with Crippen LogP contribution in [0.25, 0.3) is 0 Å². The van der Waals surface area contributed by atoms with Gasteiger partial charge in [-0.3, -0.25) is 0 Å². The molecule has 16 heavy (non-hydrogen) atoms. The third-order valence-corrected chi connectivity index (χ3v) is 3.10. The summed E-state index contributed by atoms with van der Waals surface area (Å²) in [7, 11) is 1.76. The van der Waals surface area contributed by atoms with Gasteiger partial charge in [-0.05, 0) is 31.9 Å². The molecule has 0 aromatic rings. The number of halogens is 1. The molecule has 1 heterocycles. The lowest BCUT2D eigenvalue weighted by molar-refractivity contribution is 0.0145. The molecule has 1 rings (SSSR count). The summed E-state index contributed by atoms with van der Waals surface area (Å²) in [6, 6.07) is 0. The number of rotatable bonds is 5. The summed E-state index contributed by atoms with van der Waals surface area (Å²) < 4.78 is 14.3. The fourth-order valence-electron chi connectivity index (χ4n) is 1.91. The monoisotopic (exact) mass is 227 g/mol. The van der Waals surface area contributed by atoms with Gasteiger partial charge in [0.05, 0.1) is 0 Å². The topological polar surface area (TPSA) is 41.3 Å². The second-order valence-corrected chi connectivity index (χ2v) is 4.35. The fraction of sp³-hybridized carbons (Fsp3) is 0.667. The molecule has 0 amide bonds. The highest BCUT2D eigenvalue weighted by atomic mass is 19.1. The Hall–Kier alpha value is -1.03. The molecule has 1 aliphatic rings. The maximum absolute atomic E-state index is 14.3. The Morgan fingerprint density at radius 2 is 2.38 bits per heavy atom. The van der Waals surface area contributed by atoms with Crippen LogP contribution in [0.3, 0.4) is 0 Å². The van der Waals surface area contributed by atoms with E-state index in [0.29, 0.717) is 13.0 Å². The van der Waals surface area contributed by atoms with Gasteiger partial charge < -0.3 is 16.0 Å². The highest BCUT2D eigenvalue weighted by molar-refractivity contribution is 5.25. The van der Waals surface area contributed by atoms with Crippen molar-refractivity contribution in [3.05, 3.63) is 24.0 Å². The second-order valence-electron chi connectivity index (χ2n) is 4.35. The molecular weight excluding hydrogens is 205 g/mol. The zero-order valence-electron chi connectivity index (χ0n) is 10.2. The van der Waals surface area contributed by atoms with E-state index >= 15 is 0 Å². The zero-order chi connectivity index (χ0) is 12.2. The highest BCUT2D eigenvalue weighted by Gasteiger charge is 2.31. The molecule has 0 aliphatic carbocycles. The quantitative estimate of drug-likeness (QED) is 0.703. The van der Waals surface area contributed by atoms with E-state index in [2.05, 4.69) is 11.9 Å². The van der Waals surface area contributed by atoms with Crippen molar-refractivity contribution in [3.63, 3.8) is 0 Å². The third kappa shape index (κ3) is 2.76. The van der Waals surface area contributed by atoms with Crippen LogP contribution in [0.15, 0.2) is 24.0 Å². The molecule has 0 radical (unpaired) electrons. The number of hydrogen-bond donors (Lipinski definition) is 2. The maximum atomic E-state index is 14.3. The summed E-state index contributed by atoms with van der Waals surface area (Å²) in [5.41, 5.74) is 6.50. The van der Waals surface area contributed by atoms with Gasteiger partial charge in [0, 0.05) is 20.0 Å². The first-order chi connectivity index (χ1) is 7.53. The average molecular weight is 227 g/mol. The van der Waals surface area contributed by atoms with Crippen molar-refractivity contribution in [1.82, 2.24) is 10.2 Å². The Kier molecular flexibility index (Phi) is 4.35. The Balaban J connectivity index is 2.89. The number of hydrogen-bond acceptors (Lipinski definition) is 3. The number of nitrogens with two attached hydrogens (primary N) is 1. The maximum Gasteiger partial charge on any atom is 0.182 e. The minimum atomic E-state index is -1.41. The van der Waals surface area contributed by atoms with Crippen molar-refractivity contribution in [2.45, 2.75) is 32.0 Å². The van der Waals surface area contributed by atoms with E-state index < -0.39 is 5.79 Å². The third-order valence-electron chi connectivity index (χ3n) is 3.10. The van der Waals surface area contributed by atoms with Crippen molar-refractivity contribution in [3.8, 4) is 0 Å². The first-order valence-electron chi connectivity index (χ1n) is 5.75. The smallest absolute Gasteiger partial charge is 0.182 e. The lowest BCUT2D eigenvalue weighted by atomic mass is 10.0. The lowest BCUT2D eigenvalue weighted by Crippen LogP contribution is -2.46. The molecule has 0 bridgehead atoms. The van der Waals surface area contributed by atoms with Gasteiger partial charge in [0.1, 0.15) is 5.82 Å². The zero-order valence-corrected chi connectivity index (χ0v) is 10.2. The predicted molar refractivity (Wildman–Crippen MR) is 65.4 cm³/mol. The van der Waals surface area contributed by atoms with Crippen LogP contribution in [0.2, 0.25) is 0 Å². The van der Waals surface area contributed by atoms with Gasteiger partial charge in [-0.1, -0.05) is 12.7 Å². The minimum absolute atomic E-state index is 0.319. The Bertz CT molecular complexity index is 284. The Morgan fingerprint density at radius 1 is 1.69 bits per heavy atom. The SMILES string of the molecule is C=CC1=C(N(C)C(C)(F)CCN)NCCC1. The minimum Gasteiger partial charge on any atom is -0.371 e. The van der Waals surface area contributed by atoms with E-state index in [9.17, 15) is 4.39 Å². The summed E-state index contributed by atoms with van der Waals surface area (Å²) in [5.74, 6) is -0.567. The van der Waals surface area contributed by atoms with Crippen LogP contribution in [-0.2, 0) is 0 Å². The Labute approximate surface area is 97.2 Å². The molecule has 3 nitrogen and oxygen atoms in total. The van der Waals surface area contributed by atoms with Crippen LogP contribution in [0.5, 0.6) is 0 Å². The first-order valence-corrected chi connectivity index (χ1v) is 5.75. The molecule has 0 aromatic heterocycles. The molecule has 3 N–H and O–H groups in total. The molecule has 0 spiro atoms. The number of alkyl halides is 1. The van der Waals surface area contributed by atoms with Crippen LogP contribution in [0, 0.1) is 0 Å². The summed E-state index contributed by atoms with van der Waals surface area (Å²) in [6.45, 7) is 6.56. The van der Waals surface area contributed by atoms with E-state index in [1.165, 1.54) is 0 Å². The summed E-state index contributed by atoms with van der Waals surface area (Å²) in [6.07, 6.45) is 4.14. The lowest BCUT2D eigenvalue weighted by Gasteiger charge is -2.38. The fourth-order valence-corrected chi connectivity index (χ4v) is 1.91. The predicted octanol–water partition coefficient (Wildman–Crippen LogP) is 1.73. The molecule has 0 saturated heterocycles. The molecule has 0 saturated carbocycles. The second kappa shape index (κ2) is 5.34. The molecule has 1 unspecified atom stereocenters. The molecule has 92 valence electrons. The van der Waals surface area contributed by atoms with Crippen molar-refractivity contribution in [2.24, 2.45) is 5.73 Å². The van der Waals surface area contributed by atoms with Crippen LogP contribution in [-0.4, -0.2) is 30.8 Å². The Morgan fingerprint density at radius 3 is 2.94 bits per heavy atom. The molecule has 1 aliphatic heterocycles. The number of allylic oxidation sites excluding steroid dienone is 2. The average Bonchev–Trinajstić information content (AvgIpc) is 2.28. The van der Waals surface area contributed by atoms with E-state index in [4.69, 9.17) is 5.73 Å². The van der Waals surface area contributed by atoms with Crippen molar-refractivity contribution < 1.29 is 4.39 Å². The van der Waals surface area contributed by atoms with Crippen molar-refractivity contribution in [1.29, 1.82) is 0 Å². The summed E-state index contributed by atoms with van der Waals surface area (Å²) in [5, 5.41) is 3.24. The molecular formula is C12H22FN3. The van der Waals surface area contributed by atoms with Crippen LogP contribution < -0.4 is 11.1 Å². The molecule has 1 atom stereocenters. The number of nitrogens with zero attached hydrogens (tertiary/aromatic N) is 1. The highest BCUT2D eigenvalue weighted by Crippen LogP contribution is 2.27. The van der Waals surface area contributed by atoms with E-state index in [1.807, 2.05) is 0 Å². The van der Waals surface area contributed by atoms with Crippen molar-refractivity contribution >= 4 is 0 Å². The standard InChI is InChI=1S/C12H22FN3/c1-4-10-6-5-9-15-11(10)16(3)12(2,13)7-8-14/h4,15H,1,5-9,14H2,2-3H3. The van der Waals surface area contributed by atoms with Crippen LogP contribution >= 0.6 is 0 Å². The van der Waals surface area contributed by atoms with Gasteiger partial charge in [-0.25, -0.2) is 4.39 Å². The summed E-state index contributed by atoms with van der Waals surface area (Å²) in [4.78, 5) is 1.63. The molecule has 0 fully saturated rings. The normalized spacial score (nSPS) is 20.0. The van der Waals surface area contributed by atoms with Gasteiger partial charge in [0.2, 0.25) is 0 Å². The molecule has 0 aromatic carbocycles. The van der Waals surface area contributed by atoms with Crippen LogP contribution in [0.1, 0.15) is 26.2 Å². The van der Waals surface area contributed by atoms with Gasteiger partial charge >= 0.3 is 0 Å². The van der Waals surface area contributed by atoms with Crippen molar-refractivity contribution in [2.75, 3.05) is 20.1 Å².